The van der Waals surface area contributed by atoms with Crippen LogP contribution in [-0.4, -0.2) is 46.8 Å². The van der Waals surface area contributed by atoms with E-state index in [2.05, 4.69) is 25.2 Å². The zero-order valence-electron chi connectivity index (χ0n) is 18.4. The highest BCUT2D eigenvalue weighted by Crippen LogP contribution is 2.48. The normalized spacial score (nSPS) is 29.0. The number of amides is 1. The minimum Gasteiger partial charge on any atom is -0.392 e. The Morgan fingerprint density at radius 3 is 2.75 bits per heavy atom. The molecule has 2 aliphatic rings. The molecule has 5 atom stereocenters. The van der Waals surface area contributed by atoms with Crippen molar-refractivity contribution >= 4 is 5.91 Å². The summed E-state index contributed by atoms with van der Waals surface area (Å²) in [5, 5.41) is 21.0. The van der Waals surface area contributed by atoms with E-state index in [1.807, 2.05) is 21.0 Å². The lowest BCUT2D eigenvalue weighted by molar-refractivity contribution is -0.128. The number of carbonyl (C=O) groups excluding carboxylic acids is 1. The van der Waals surface area contributed by atoms with E-state index in [0.717, 1.165) is 51.4 Å². The molecule has 0 spiro atoms. The summed E-state index contributed by atoms with van der Waals surface area (Å²) in [6.45, 7) is 4.06. The fourth-order valence-corrected chi connectivity index (χ4v) is 4.78. The van der Waals surface area contributed by atoms with Gasteiger partial charge in [0.15, 0.2) is 0 Å². The van der Waals surface area contributed by atoms with Gasteiger partial charge < -0.3 is 15.1 Å². The molecule has 0 saturated heterocycles. The molecule has 0 aromatic rings. The Morgan fingerprint density at radius 1 is 1.32 bits per heavy atom. The van der Waals surface area contributed by atoms with Gasteiger partial charge in [-0.1, -0.05) is 43.6 Å². The molecule has 2 aliphatic carbocycles. The van der Waals surface area contributed by atoms with Crippen molar-refractivity contribution in [3.05, 3.63) is 23.8 Å². The van der Waals surface area contributed by atoms with Crippen molar-refractivity contribution in [2.45, 2.75) is 89.8 Å². The maximum absolute atomic E-state index is 11.7. The van der Waals surface area contributed by atoms with Gasteiger partial charge in [-0.2, -0.15) is 0 Å². The van der Waals surface area contributed by atoms with Crippen LogP contribution < -0.4 is 0 Å². The van der Waals surface area contributed by atoms with Gasteiger partial charge in [0, 0.05) is 26.4 Å². The van der Waals surface area contributed by atoms with Gasteiger partial charge in [-0.05, 0) is 63.7 Å². The predicted molar refractivity (Wildman–Crippen MR) is 115 cm³/mol. The van der Waals surface area contributed by atoms with E-state index in [1.54, 1.807) is 4.90 Å². The average Bonchev–Trinajstić information content (AvgIpc) is 3.14. The lowest BCUT2D eigenvalue weighted by atomic mass is 9.87. The molecular formula is C24H41NO3. The van der Waals surface area contributed by atoms with Crippen molar-refractivity contribution in [3.63, 3.8) is 0 Å². The van der Waals surface area contributed by atoms with Gasteiger partial charge in [0.25, 0.3) is 0 Å². The first-order valence-corrected chi connectivity index (χ1v) is 11.2. The third kappa shape index (κ3) is 6.73. The molecular weight excluding hydrogens is 350 g/mol. The number of unbranched alkanes of at least 4 members (excludes halogenated alkanes) is 2. The summed E-state index contributed by atoms with van der Waals surface area (Å²) in [7, 11) is 3.62. The Hall–Kier alpha value is -1.13. The first-order chi connectivity index (χ1) is 13.2. The Labute approximate surface area is 171 Å². The van der Waals surface area contributed by atoms with Crippen LogP contribution in [0.5, 0.6) is 0 Å². The topological polar surface area (TPSA) is 60.8 Å². The number of aliphatic hydroxyl groups is 2. The zero-order valence-corrected chi connectivity index (χ0v) is 18.4. The second-order valence-corrected chi connectivity index (χ2v) is 9.47. The smallest absolute Gasteiger partial charge is 0.222 e. The number of rotatable bonds is 11. The largest absolute Gasteiger partial charge is 0.392 e. The lowest BCUT2D eigenvalue weighted by Crippen LogP contribution is -2.23. The molecule has 1 saturated carbocycles. The van der Waals surface area contributed by atoms with Crippen molar-refractivity contribution in [1.82, 2.24) is 4.90 Å². The van der Waals surface area contributed by atoms with Crippen molar-refractivity contribution in [1.29, 1.82) is 0 Å². The van der Waals surface area contributed by atoms with Gasteiger partial charge in [0.1, 0.15) is 0 Å². The van der Waals surface area contributed by atoms with E-state index in [1.165, 1.54) is 5.57 Å². The molecule has 0 radical (unpaired) electrons. The fraction of sp³-hybridized carbons (Fsp3) is 0.792. The molecule has 0 bridgehead atoms. The highest BCUT2D eigenvalue weighted by atomic mass is 16.3. The molecule has 1 amide bonds. The molecule has 2 N–H and O–H groups in total. The molecule has 0 heterocycles. The van der Waals surface area contributed by atoms with Crippen LogP contribution in [0.3, 0.4) is 0 Å². The summed E-state index contributed by atoms with van der Waals surface area (Å²) < 4.78 is 0. The number of fused-ring (bicyclic) bond motifs is 1. The maximum Gasteiger partial charge on any atom is 0.222 e. The highest BCUT2D eigenvalue weighted by Gasteiger charge is 2.43. The number of hydrogen-bond donors (Lipinski definition) is 2. The molecule has 28 heavy (non-hydrogen) atoms. The van der Waals surface area contributed by atoms with Gasteiger partial charge >= 0.3 is 0 Å². The minimum absolute atomic E-state index is 0.205. The lowest BCUT2D eigenvalue weighted by Gasteiger charge is -2.22. The monoisotopic (exact) mass is 391 g/mol. The van der Waals surface area contributed by atoms with Crippen LogP contribution in [0.1, 0.15) is 78.1 Å². The Balaban J connectivity index is 1.78. The molecule has 0 unspecified atom stereocenters. The van der Waals surface area contributed by atoms with Gasteiger partial charge in [0.05, 0.1) is 11.7 Å². The van der Waals surface area contributed by atoms with E-state index < -0.39 is 5.60 Å². The van der Waals surface area contributed by atoms with Crippen LogP contribution in [0, 0.1) is 17.8 Å². The SMILES string of the molecule is CCCC[C@@](C)(O)C/C=C/[C@@H]1[C@H]2CC(CCCCC(=O)N(C)C)=C[C@H]2C[C@H]1O. The third-order valence-electron chi connectivity index (χ3n) is 6.57. The molecule has 4 nitrogen and oxygen atoms in total. The molecule has 0 aromatic heterocycles. The Bertz CT molecular complexity index is 564. The number of aliphatic hydroxyl groups excluding tert-OH is 1. The van der Waals surface area contributed by atoms with Gasteiger partial charge in [-0.3, -0.25) is 4.79 Å². The zero-order chi connectivity index (χ0) is 20.7. The minimum atomic E-state index is -0.640. The number of hydrogen-bond acceptors (Lipinski definition) is 3. The van der Waals surface area contributed by atoms with Crippen LogP contribution in [0.2, 0.25) is 0 Å². The summed E-state index contributed by atoms with van der Waals surface area (Å²) >= 11 is 0. The molecule has 1 fully saturated rings. The van der Waals surface area contributed by atoms with E-state index in [4.69, 9.17) is 0 Å². The van der Waals surface area contributed by atoms with E-state index in [-0.39, 0.29) is 17.9 Å². The van der Waals surface area contributed by atoms with Crippen LogP contribution in [0.4, 0.5) is 0 Å². The fourth-order valence-electron chi connectivity index (χ4n) is 4.78. The third-order valence-corrected chi connectivity index (χ3v) is 6.57. The number of nitrogens with zero attached hydrogens (tertiary/aromatic N) is 1. The predicted octanol–water partition coefficient (Wildman–Crippen LogP) is 4.47. The van der Waals surface area contributed by atoms with Crippen LogP contribution >= 0.6 is 0 Å². The van der Waals surface area contributed by atoms with Crippen molar-refractivity contribution in [2.75, 3.05) is 14.1 Å². The van der Waals surface area contributed by atoms with Crippen molar-refractivity contribution in [3.8, 4) is 0 Å². The van der Waals surface area contributed by atoms with E-state index >= 15 is 0 Å². The molecule has 0 aromatic carbocycles. The van der Waals surface area contributed by atoms with E-state index in [9.17, 15) is 15.0 Å². The molecule has 0 aliphatic heterocycles. The first-order valence-electron chi connectivity index (χ1n) is 11.2. The number of carbonyl (C=O) groups is 1. The highest BCUT2D eigenvalue weighted by molar-refractivity contribution is 5.75. The second-order valence-electron chi connectivity index (χ2n) is 9.47. The van der Waals surface area contributed by atoms with Crippen LogP contribution in [0.15, 0.2) is 23.8 Å². The summed E-state index contributed by atoms with van der Waals surface area (Å²) in [5.74, 6) is 1.41. The second kappa shape index (κ2) is 10.6. The van der Waals surface area contributed by atoms with Crippen molar-refractivity contribution in [2.24, 2.45) is 17.8 Å². The Morgan fingerprint density at radius 2 is 2.07 bits per heavy atom. The maximum atomic E-state index is 11.7. The molecule has 160 valence electrons. The van der Waals surface area contributed by atoms with Crippen LogP contribution in [0.25, 0.3) is 0 Å². The standard InChI is InChI=1S/C24H41NO3/c1-5-6-13-24(2,28)14-9-11-20-21-16-18(15-19(21)17-22(20)26)10-7-8-12-23(27)25(3)4/h9,11,15,19-22,26,28H,5-8,10,12-14,16-17H2,1-4H3/b11-9+/t19-,20+,21-,22+,24+/m0/s1. The summed E-state index contributed by atoms with van der Waals surface area (Å²) in [6, 6.07) is 0. The van der Waals surface area contributed by atoms with Crippen molar-refractivity contribution < 1.29 is 15.0 Å². The summed E-state index contributed by atoms with van der Waals surface area (Å²) in [6.07, 6.45) is 15.7. The van der Waals surface area contributed by atoms with Gasteiger partial charge in [-0.25, -0.2) is 0 Å². The molecule has 2 rings (SSSR count). The first kappa shape index (κ1) is 23.2. The summed E-state index contributed by atoms with van der Waals surface area (Å²) in [5.41, 5.74) is 0.867. The Kier molecular flexibility index (Phi) is 8.76. The van der Waals surface area contributed by atoms with Crippen LogP contribution in [-0.2, 0) is 4.79 Å². The van der Waals surface area contributed by atoms with Gasteiger partial charge in [0.2, 0.25) is 5.91 Å². The average molecular weight is 392 g/mol. The van der Waals surface area contributed by atoms with E-state index in [0.29, 0.717) is 24.7 Å². The quantitative estimate of drug-likeness (QED) is 0.404. The summed E-state index contributed by atoms with van der Waals surface area (Å²) in [4.78, 5) is 13.3. The number of allylic oxidation sites excluding steroid dienone is 2. The molecule has 4 heteroatoms. The van der Waals surface area contributed by atoms with Gasteiger partial charge in [-0.15, -0.1) is 0 Å².